The predicted octanol–water partition coefficient (Wildman–Crippen LogP) is 1.92. The van der Waals surface area contributed by atoms with Crippen molar-refractivity contribution in [2.45, 2.75) is 18.9 Å². The molecule has 1 aromatic rings. The van der Waals surface area contributed by atoms with Crippen LogP contribution in [0, 0.1) is 0 Å². The minimum atomic E-state index is -0.352. The van der Waals surface area contributed by atoms with Crippen molar-refractivity contribution in [3.8, 4) is 0 Å². The number of amides is 1. The highest BCUT2D eigenvalue weighted by Gasteiger charge is 2.16. The summed E-state index contributed by atoms with van der Waals surface area (Å²) in [6.07, 6.45) is 2.33. The second-order valence-corrected chi connectivity index (χ2v) is 3.84. The summed E-state index contributed by atoms with van der Waals surface area (Å²) in [4.78, 5) is 23.1. The number of carbonyl (C=O) groups is 2. The standard InChI is InChI=1S/C14H17NO3/c1-3-7-12(10-13(16)18-2)15-14(17)11-8-5-4-6-9-11/h3-6,8-9,12H,1,7,10H2,2H3,(H,15,17)/t12-/m0/s1. The quantitative estimate of drug-likeness (QED) is 0.617. The molecule has 96 valence electrons. The van der Waals surface area contributed by atoms with E-state index in [1.165, 1.54) is 7.11 Å². The van der Waals surface area contributed by atoms with Gasteiger partial charge in [-0.2, -0.15) is 0 Å². The van der Waals surface area contributed by atoms with Gasteiger partial charge in [0.05, 0.1) is 13.5 Å². The number of hydrogen-bond acceptors (Lipinski definition) is 3. The Bertz CT molecular complexity index is 414. The number of benzene rings is 1. The number of ether oxygens (including phenoxy) is 1. The summed E-state index contributed by atoms with van der Waals surface area (Å²) in [7, 11) is 1.33. The monoisotopic (exact) mass is 247 g/mol. The van der Waals surface area contributed by atoms with Crippen LogP contribution >= 0.6 is 0 Å². The third-order valence-electron chi connectivity index (χ3n) is 2.46. The summed E-state index contributed by atoms with van der Waals surface area (Å²) in [6, 6.07) is 8.57. The summed E-state index contributed by atoms with van der Waals surface area (Å²) in [6.45, 7) is 3.61. The molecule has 0 aliphatic rings. The lowest BCUT2D eigenvalue weighted by atomic mass is 10.1. The third-order valence-corrected chi connectivity index (χ3v) is 2.46. The fraction of sp³-hybridized carbons (Fsp3) is 0.286. The number of hydrogen-bond donors (Lipinski definition) is 1. The van der Waals surface area contributed by atoms with E-state index < -0.39 is 0 Å². The lowest BCUT2D eigenvalue weighted by molar-refractivity contribution is -0.141. The van der Waals surface area contributed by atoms with Crippen molar-refractivity contribution in [3.63, 3.8) is 0 Å². The second-order valence-electron chi connectivity index (χ2n) is 3.84. The first-order chi connectivity index (χ1) is 8.67. The average Bonchev–Trinajstić information content (AvgIpc) is 2.39. The smallest absolute Gasteiger partial charge is 0.307 e. The second kappa shape index (κ2) is 7.27. The maximum Gasteiger partial charge on any atom is 0.307 e. The SMILES string of the molecule is C=CC[C@@H](CC(=O)OC)NC(=O)c1ccccc1. The molecule has 1 atom stereocenters. The molecule has 1 amide bonds. The Morgan fingerprint density at radius 3 is 2.61 bits per heavy atom. The highest BCUT2D eigenvalue weighted by atomic mass is 16.5. The van der Waals surface area contributed by atoms with Crippen molar-refractivity contribution < 1.29 is 14.3 Å². The summed E-state index contributed by atoms with van der Waals surface area (Å²) >= 11 is 0. The van der Waals surface area contributed by atoms with Crippen LogP contribution in [0.3, 0.4) is 0 Å². The van der Waals surface area contributed by atoms with Gasteiger partial charge in [0.2, 0.25) is 0 Å². The molecule has 1 N–H and O–H groups in total. The van der Waals surface area contributed by atoms with E-state index in [0.29, 0.717) is 12.0 Å². The molecule has 4 heteroatoms. The lowest BCUT2D eigenvalue weighted by Gasteiger charge is -2.15. The van der Waals surface area contributed by atoms with E-state index in [1.54, 1.807) is 30.3 Å². The zero-order chi connectivity index (χ0) is 13.4. The summed E-state index contributed by atoms with van der Waals surface area (Å²) in [5.74, 6) is -0.554. The molecule has 18 heavy (non-hydrogen) atoms. The number of carbonyl (C=O) groups excluding carboxylic acids is 2. The molecular formula is C14H17NO3. The van der Waals surface area contributed by atoms with Crippen molar-refractivity contribution in [2.75, 3.05) is 7.11 Å². The van der Waals surface area contributed by atoms with Gasteiger partial charge in [0, 0.05) is 11.6 Å². The van der Waals surface area contributed by atoms with Crippen LogP contribution in [0.15, 0.2) is 43.0 Å². The van der Waals surface area contributed by atoms with Crippen LogP contribution in [0.4, 0.5) is 0 Å². The number of rotatable bonds is 6. The van der Waals surface area contributed by atoms with Crippen molar-refractivity contribution in [3.05, 3.63) is 48.6 Å². The van der Waals surface area contributed by atoms with Gasteiger partial charge in [-0.25, -0.2) is 0 Å². The zero-order valence-corrected chi connectivity index (χ0v) is 10.4. The lowest BCUT2D eigenvalue weighted by Crippen LogP contribution is -2.36. The Kier molecular flexibility index (Phi) is 5.64. The molecule has 1 aromatic carbocycles. The van der Waals surface area contributed by atoms with E-state index in [9.17, 15) is 9.59 Å². The first-order valence-electron chi connectivity index (χ1n) is 5.71. The van der Waals surface area contributed by atoms with Crippen molar-refractivity contribution in [1.82, 2.24) is 5.32 Å². The number of nitrogens with one attached hydrogen (secondary N) is 1. The summed E-state index contributed by atoms with van der Waals surface area (Å²) in [5, 5.41) is 2.79. The van der Waals surface area contributed by atoms with Gasteiger partial charge in [-0.3, -0.25) is 9.59 Å². The average molecular weight is 247 g/mol. The van der Waals surface area contributed by atoms with E-state index >= 15 is 0 Å². The Labute approximate surface area is 107 Å². The minimum absolute atomic E-state index is 0.140. The molecule has 0 radical (unpaired) electrons. The molecule has 0 aliphatic heterocycles. The molecule has 0 bridgehead atoms. The van der Waals surface area contributed by atoms with Gasteiger partial charge in [0.1, 0.15) is 0 Å². The molecule has 0 unspecified atom stereocenters. The molecule has 0 saturated carbocycles. The van der Waals surface area contributed by atoms with Crippen molar-refractivity contribution in [2.24, 2.45) is 0 Å². The van der Waals surface area contributed by atoms with E-state index in [-0.39, 0.29) is 24.3 Å². The first kappa shape index (κ1) is 14.0. The van der Waals surface area contributed by atoms with E-state index in [0.717, 1.165) is 0 Å². The Hall–Kier alpha value is -2.10. The van der Waals surface area contributed by atoms with Gasteiger partial charge in [0.25, 0.3) is 5.91 Å². The molecule has 0 fully saturated rings. The van der Waals surface area contributed by atoms with Gasteiger partial charge < -0.3 is 10.1 Å². The fourth-order valence-electron chi connectivity index (χ4n) is 1.54. The molecule has 0 saturated heterocycles. The molecule has 0 aliphatic carbocycles. The highest BCUT2D eigenvalue weighted by molar-refractivity contribution is 5.94. The van der Waals surface area contributed by atoms with Gasteiger partial charge >= 0.3 is 5.97 Å². The third kappa shape index (κ3) is 4.41. The minimum Gasteiger partial charge on any atom is -0.469 e. The van der Waals surface area contributed by atoms with Crippen LogP contribution in [0.1, 0.15) is 23.2 Å². The Balaban J connectivity index is 2.63. The van der Waals surface area contributed by atoms with Crippen LogP contribution in [0.2, 0.25) is 0 Å². The largest absolute Gasteiger partial charge is 0.469 e. The molecule has 0 spiro atoms. The van der Waals surface area contributed by atoms with Crippen LogP contribution < -0.4 is 5.32 Å². The van der Waals surface area contributed by atoms with E-state index in [2.05, 4.69) is 16.6 Å². The van der Waals surface area contributed by atoms with E-state index in [4.69, 9.17) is 0 Å². The van der Waals surface area contributed by atoms with Crippen LogP contribution in [0.25, 0.3) is 0 Å². The van der Waals surface area contributed by atoms with Gasteiger partial charge in [0.15, 0.2) is 0 Å². The fourth-order valence-corrected chi connectivity index (χ4v) is 1.54. The first-order valence-corrected chi connectivity index (χ1v) is 5.71. The van der Waals surface area contributed by atoms with Crippen molar-refractivity contribution in [1.29, 1.82) is 0 Å². The molecule has 0 aromatic heterocycles. The van der Waals surface area contributed by atoms with Crippen LogP contribution in [-0.2, 0) is 9.53 Å². The molecular weight excluding hydrogens is 230 g/mol. The number of methoxy groups -OCH3 is 1. The molecule has 1 rings (SSSR count). The maximum atomic E-state index is 11.9. The summed E-state index contributed by atoms with van der Waals surface area (Å²) in [5.41, 5.74) is 0.566. The number of esters is 1. The highest BCUT2D eigenvalue weighted by Crippen LogP contribution is 2.04. The Morgan fingerprint density at radius 2 is 2.06 bits per heavy atom. The van der Waals surface area contributed by atoms with Crippen LogP contribution in [-0.4, -0.2) is 25.0 Å². The van der Waals surface area contributed by atoms with Gasteiger partial charge in [-0.1, -0.05) is 24.3 Å². The summed E-state index contributed by atoms with van der Waals surface area (Å²) < 4.78 is 4.59. The van der Waals surface area contributed by atoms with Crippen LogP contribution in [0.5, 0.6) is 0 Å². The topological polar surface area (TPSA) is 55.4 Å². The predicted molar refractivity (Wildman–Crippen MR) is 69.1 cm³/mol. The van der Waals surface area contributed by atoms with Crippen molar-refractivity contribution >= 4 is 11.9 Å². The van der Waals surface area contributed by atoms with Gasteiger partial charge in [-0.05, 0) is 18.6 Å². The van der Waals surface area contributed by atoms with E-state index in [1.807, 2.05) is 6.07 Å². The zero-order valence-electron chi connectivity index (χ0n) is 10.4. The maximum absolute atomic E-state index is 11.9. The Morgan fingerprint density at radius 1 is 1.39 bits per heavy atom. The normalized spacial score (nSPS) is 11.4. The molecule has 0 heterocycles. The van der Waals surface area contributed by atoms with Gasteiger partial charge in [-0.15, -0.1) is 6.58 Å². The molecule has 4 nitrogen and oxygen atoms in total.